The predicted molar refractivity (Wildman–Crippen MR) is 77.8 cm³/mol. The van der Waals surface area contributed by atoms with Gasteiger partial charge in [0.25, 0.3) is 5.91 Å². The van der Waals surface area contributed by atoms with Gasteiger partial charge in [-0.05, 0) is 18.6 Å². The van der Waals surface area contributed by atoms with Crippen LogP contribution in [0.2, 0.25) is 0 Å². The summed E-state index contributed by atoms with van der Waals surface area (Å²) in [5.41, 5.74) is 0.581. The predicted octanol–water partition coefficient (Wildman–Crippen LogP) is 1.03. The molecule has 6 nitrogen and oxygen atoms in total. The van der Waals surface area contributed by atoms with Gasteiger partial charge in [0.05, 0.1) is 5.92 Å². The Hall–Kier alpha value is -2.37. The first-order chi connectivity index (χ1) is 10.0. The average Bonchev–Trinajstić information content (AvgIpc) is 2.49. The van der Waals surface area contributed by atoms with Crippen molar-refractivity contribution in [3.63, 3.8) is 0 Å². The van der Waals surface area contributed by atoms with E-state index < -0.39 is 11.9 Å². The van der Waals surface area contributed by atoms with Gasteiger partial charge in [-0.15, -0.1) is 0 Å². The van der Waals surface area contributed by atoms with Crippen molar-refractivity contribution in [3.8, 4) is 0 Å². The fraction of sp³-hybridized carbons (Fsp3) is 0.400. The molecule has 0 bridgehead atoms. The minimum absolute atomic E-state index is 0.116. The average molecular weight is 292 g/mol. The van der Waals surface area contributed by atoms with Crippen LogP contribution in [0, 0.1) is 5.92 Å². The molecule has 0 heterocycles. The minimum atomic E-state index is -0.939. The zero-order chi connectivity index (χ0) is 15.7. The number of amides is 2. The molecule has 21 heavy (non-hydrogen) atoms. The molecule has 1 atom stereocenters. The third-order valence-corrected chi connectivity index (χ3v) is 2.93. The van der Waals surface area contributed by atoms with E-state index in [2.05, 4.69) is 10.6 Å². The summed E-state index contributed by atoms with van der Waals surface area (Å²) in [6, 6.07) is 8.84. The number of hydrogen-bond acceptors (Lipinski definition) is 3. The maximum absolute atomic E-state index is 11.7. The number of carboxylic acids is 1. The van der Waals surface area contributed by atoms with Gasteiger partial charge in [-0.2, -0.15) is 0 Å². The van der Waals surface area contributed by atoms with E-state index in [0.717, 1.165) is 0 Å². The molecule has 114 valence electrons. The zero-order valence-corrected chi connectivity index (χ0v) is 12.0. The van der Waals surface area contributed by atoms with Crippen LogP contribution in [0.4, 0.5) is 0 Å². The largest absolute Gasteiger partial charge is 0.481 e. The maximum atomic E-state index is 11.7. The highest BCUT2D eigenvalue weighted by Crippen LogP contribution is 1.98. The van der Waals surface area contributed by atoms with E-state index in [1.54, 1.807) is 24.3 Å². The number of nitrogens with one attached hydrogen (secondary N) is 2. The van der Waals surface area contributed by atoms with Crippen LogP contribution in [0.1, 0.15) is 30.1 Å². The molecule has 1 aromatic carbocycles. The fourth-order valence-electron chi connectivity index (χ4n) is 1.59. The molecule has 1 unspecified atom stereocenters. The van der Waals surface area contributed by atoms with Gasteiger partial charge in [0.1, 0.15) is 0 Å². The van der Waals surface area contributed by atoms with Crippen molar-refractivity contribution >= 4 is 17.8 Å². The highest BCUT2D eigenvalue weighted by Gasteiger charge is 2.12. The number of hydrogen-bond donors (Lipinski definition) is 3. The monoisotopic (exact) mass is 292 g/mol. The Balaban J connectivity index is 2.15. The van der Waals surface area contributed by atoms with Gasteiger partial charge in [0, 0.05) is 25.1 Å². The summed E-state index contributed by atoms with van der Waals surface area (Å²) >= 11 is 0. The first-order valence-electron chi connectivity index (χ1n) is 6.83. The molecule has 0 saturated carbocycles. The van der Waals surface area contributed by atoms with Crippen LogP contribution in [0.3, 0.4) is 0 Å². The van der Waals surface area contributed by atoms with E-state index >= 15 is 0 Å². The second-order valence-corrected chi connectivity index (χ2v) is 4.77. The lowest BCUT2D eigenvalue weighted by Crippen LogP contribution is -2.32. The Morgan fingerprint density at radius 1 is 1.14 bits per heavy atom. The summed E-state index contributed by atoms with van der Waals surface area (Å²) in [7, 11) is 0. The highest BCUT2D eigenvalue weighted by atomic mass is 16.4. The summed E-state index contributed by atoms with van der Waals surface area (Å²) in [6.07, 6.45) is 0.757. The molecule has 6 heteroatoms. The zero-order valence-electron chi connectivity index (χ0n) is 12.0. The highest BCUT2D eigenvalue weighted by molar-refractivity contribution is 5.94. The number of aliphatic carboxylic acids is 1. The van der Waals surface area contributed by atoms with Crippen molar-refractivity contribution in [2.45, 2.75) is 19.8 Å². The molecule has 0 aromatic heterocycles. The third-order valence-electron chi connectivity index (χ3n) is 2.93. The number of rotatable bonds is 8. The molecule has 0 aliphatic heterocycles. The van der Waals surface area contributed by atoms with Crippen LogP contribution < -0.4 is 10.6 Å². The molecule has 0 saturated heterocycles. The summed E-state index contributed by atoms with van der Waals surface area (Å²) in [4.78, 5) is 33.8. The lowest BCUT2D eigenvalue weighted by Gasteiger charge is -2.08. The fourth-order valence-corrected chi connectivity index (χ4v) is 1.59. The maximum Gasteiger partial charge on any atom is 0.308 e. The Morgan fingerprint density at radius 2 is 1.81 bits per heavy atom. The van der Waals surface area contributed by atoms with E-state index in [1.807, 2.05) is 6.07 Å². The van der Waals surface area contributed by atoms with Crippen LogP contribution in [-0.2, 0) is 9.59 Å². The summed E-state index contributed by atoms with van der Waals surface area (Å²) < 4.78 is 0. The Kier molecular flexibility index (Phi) is 6.94. The normalized spacial score (nSPS) is 11.5. The van der Waals surface area contributed by atoms with Gasteiger partial charge < -0.3 is 15.7 Å². The first-order valence-corrected chi connectivity index (χ1v) is 6.83. The number of benzene rings is 1. The van der Waals surface area contributed by atoms with Crippen LogP contribution in [0.5, 0.6) is 0 Å². The van der Waals surface area contributed by atoms with Crippen LogP contribution in [-0.4, -0.2) is 36.0 Å². The van der Waals surface area contributed by atoms with Crippen LogP contribution >= 0.6 is 0 Å². The van der Waals surface area contributed by atoms with Crippen molar-refractivity contribution in [2.24, 2.45) is 5.92 Å². The molecule has 0 radical (unpaired) electrons. The van der Waals surface area contributed by atoms with Crippen molar-refractivity contribution in [3.05, 3.63) is 35.9 Å². The standard InChI is InChI=1S/C15H20N2O4/c1-11(15(20)21)10-17-13(18)8-5-9-16-14(19)12-6-3-2-4-7-12/h2-4,6-7,11H,5,8-10H2,1H3,(H,16,19)(H,17,18)(H,20,21). The summed E-state index contributed by atoms with van der Waals surface area (Å²) in [6.45, 7) is 2.04. The molecule has 0 aliphatic rings. The quantitative estimate of drug-likeness (QED) is 0.624. The summed E-state index contributed by atoms with van der Waals surface area (Å²) in [5.74, 6) is -1.93. The second kappa shape index (κ2) is 8.73. The van der Waals surface area contributed by atoms with E-state index in [4.69, 9.17) is 5.11 Å². The number of carboxylic acid groups (broad SMARTS) is 1. The van der Waals surface area contributed by atoms with Gasteiger partial charge in [-0.3, -0.25) is 14.4 Å². The lowest BCUT2D eigenvalue weighted by atomic mass is 10.2. The van der Waals surface area contributed by atoms with E-state index in [-0.39, 0.29) is 24.8 Å². The molecule has 0 aliphatic carbocycles. The van der Waals surface area contributed by atoms with E-state index in [9.17, 15) is 14.4 Å². The lowest BCUT2D eigenvalue weighted by molar-refractivity contribution is -0.141. The van der Waals surface area contributed by atoms with Crippen molar-refractivity contribution in [1.29, 1.82) is 0 Å². The van der Waals surface area contributed by atoms with Crippen molar-refractivity contribution in [2.75, 3.05) is 13.1 Å². The SMILES string of the molecule is CC(CNC(=O)CCCNC(=O)c1ccccc1)C(=O)O. The van der Waals surface area contributed by atoms with Gasteiger partial charge >= 0.3 is 5.97 Å². The third kappa shape index (κ3) is 6.56. The van der Waals surface area contributed by atoms with Crippen LogP contribution in [0.15, 0.2) is 30.3 Å². The van der Waals surface area contributed by atoms with Gasteiger partial charge in [0.2, 0.25) is 5.91 Å². The van der Waals surface area contributed by atoms with Crippen molar-refractivity contribution in [1.82, 2.24) is 10.6 Å². The number of carbonyl (C=O) groups excluding carboxylic acids is 2. The molecule has 3 N–H and O–H groups in total. The molecule has 1 aromatic rings. The van der Waals surface area contributed by atoms with Gasteiger partial charge in [-0.25, -0.2) is 0 Å². The van der Waals surface area contributed by atoms with Gasteiger partial charge in [0.15, 0.2) is 0 Å². The minimum Gasteiger partial charge on any atom is -0.481 e. The Labute approximate surface area is 123 Å². The Morgan fingerprint density at radius 3 is 2.43 bits per heavy atom. The molecule has 0 spiro atoms. The molecule has 1 rings (SSSR count). The number of carbonyl (C=O) groups is 3. The molecular weight excluding hydrogens is 272 g/mol. The van der Waals surface area contributed by atoms with Crippen LogP contribution in [0.25, 0.3) is 0 Å². The second-order valence-electron chi connectivity index (χ2n) is 4.77. The van der Waals surface area contributed by atoms with E-state index in [1.165, 1.54) is 6.92 Å². The smallest absolute Gasteiger partial charge is 0.308 e. The first kappa shape index (κ1) is 16.7. The summed E-state index contributed by atoms with van der Waals surface area (Å²) in [5, 5.41) is 14.0. The molecule has 0 fully saturated rings. The van der Waals surface area contributed by atoms with Crippen molar-refractivity contribution < 1.29 is 19.5 Å². The van der Waals surface area contributed by atoms with E-state index in [0.29, 0.717) is 18.5 Å². The molecular formula is C15H20N2O4. The Bertz CT molecular complexity index is 488. The topological polar surface area (TPSA) is 95.5 Å². The van der Waals surface area contributed by atoms with Gasteiger partial charge in [-0.1, -0.05) is 25.1 Å². The molecule has 2 amide bonds.